The van der Waals surface area contributed by atoms with Crippen LogP contribution in [0.1, 0.15) is 94.9 Å². The van der Waals surface area contributed by atoms with Crippen LogP contribution in [-0.2, 0) is 76.5 Å². The molecule has 0 bridgehead atoms. The second-order valence-corrected chi connectivity index (χ2v) is 24.7. The highest BCUT2D eigenvalue weighted by atomic mass is 16.7. The number of carboxylic acids is 1. The van der Waals surface area contributed by atoms with E-state index >= 15 is 4.79 Å². The standard InChI is InChI=1S/C57H96N12O27/c1-20(2)35(62-53(90)39(66-52(89)37(23(5)74)64-49(86)34(58)21(3)72)25(7)93-56-41(60-27(9)76)45(82)43(80)31(18-70)95-56)51(88)65-38(24(6)75)54(91)68-15-11-14-30(68)48(85)67-40(26(8)94-57-42(61-28(10)77)46(83)44(81)32(19-71)96-57)55(92)69-16-12-13-29(69)47(84)63-36(22(4)73)50(87)59-17-33(78)79/h20-26,29-32,34-46,56-57,70-75,80-83H,11-19,58H2,1-10H3,(H,59,87)(H,60,76)(H,61,77)(H,62,90)(H,63,84)(H,64,86)(H,65,88)(H,66,89)(H,67,85)(H,78,79)/t21-,22-,23-,24-,25-,26-,29+,30+,31-,32-,34+,35+,36+,37+,38+,39+,40+,41-,42-,43+,44+,45-,46-,56+,57+/m1/s1. The van der Waals surface area contributed by atoms with Gasteiger partial charge in [-0.15, -0.1) is 0 Å². The molecule has 4 heterocycles. The van der Waals surface area contributed by atoms with Crippen molar-refractivity contribution in [2.75, 3.05) is 32.8 Å². The Morgan fingerprint density at radius 3 is 1.25 bits per heavy atom. The average molecular weight is 1380 g/mol. The molecule has 4 aliphatic heterocycles. The molecule has 0 aromatic heterocycles. The average Bonchev–Trinajstić information content (AvgIpc) is 1.11. The van der Waals surface area contributed by atoms with Gasteiger partial charge in [0.2, 0.25) is 65.0 Å². The number of aliphatic carboxylic acids is 1. The number of carboxylic acid groups (broad SMARTS) is 1. The molecule has 96 heavy (non-hydrogen) atoms. The van der Waals surface area contributed by atoms with Crippen LogP contribution in [0, 0.1) is 5.92 Å². The zero-order valence-electron chi connectivity index (χ0n) is 54.8. The molecule has 4 aliphatic rings. The fraction of sp³-hybridized carbons (Fsp3) is 0.789. The molecule has 0 unspecified atom stereocenters. The Morgan fingerprint density at radius 2 is 0.854 bits per heavy atom. The van der Waals surface area contributed by atoms with Gasteiger partial charge in [-0.05, 0) is 73.1 Å². The molecule has 39 heteroatoms. The first-order chi connectivity index (χ1) is 44.8. The van der Waals surface area contributed by atoms with Gasteiger partial charge in [-0.1, -0.05) is 13.8 Å². The number of nitrogens with one attached hydrogen (secondary N) is 9. The topological polar surface area (TPSA) is 605 Å². The quantitative estimate of drug-likeness (QED) is 0.0297. The molecular weight excluding hydrogens is 1280 g/mol. The second-order valence-electron chi connectivity index (χ2n) is 24.7. The Kier molecular flexibility index (Phi) is 31.0. The lowest BCUT2D eigenvalue weighted by molar-refractivity contribution is -0.282. The lowest BCUT2D eigenvalue weighted by Gasteiger charge is -2.43. The number of rotatable bonds is 32. The first-order valence-electron chi connectivity index (χ1n) is 31.3. The lowest BCUT2D eigenvalue weighted by atomic mass is 9.96. The number of nitrogens with zero attached hydrogens (tertiary/aromatic N) is 2. The number of nitrogens with two attached hydrogens (primary N) is 1. The Morgan fingerprint density at radius 1 is 0.490 bits per heavy atom. The van der Waals surface area contributed by atoms with Gasteiger partial charge in [0.05, 0.1) is 49.8 Å². The van der Waals surface area contributed by atoms with Crippen LogP contribution in [0.2, 0.25) is 0 Å². The fourth-order valence-electron chi connectivity index (χ4n) is 11.2. The summed E-state index contributed by atoms with van der Waals surface area (Å²) in [5, 5.41) is 136. The SMILES string of the molecule is CC(=O)N[C@H]1[C@@H](O[C@H](C)[C@H](NC(=O)[C@@H](NC(=O)[C@@H](N)[C@@H](C)O)[C@@H](C)O)C(=O)N[C@H](C(=O)N[C@H](C(=O)N2CCC[C@H]2C(=O)N[C@H](C(=O)N2CCC[C@H]2C(=O)N[C@H](C(=O)NCC(=O)O)[C@@H](C)O)[C@@H](C)O[C@H]2O[C@H](CO)[C@H](O)[C@H](O)[C@H]2NC(C)=O)[C@@H](C)O)C(C)C)O[C@H](CO)[C@H](O)[C@@H]1O. The fourth-order valence-corrected chi connectivity index (χ4v) is 11.2. The third-order valence-electron chi connectivity index (χ3n) is 16.6. The van der Waals surface area contributed by atoms with Crippen molar-refractivity contribution in [3.8, 4) is 0 Å². The van der Waals surface area contributed by atoms with E-state index in [1.807, 2.05) is 5.32 Å². The van der Waals surface area contributed by atoms with Gasteiger partial charge < -0.3 is 139 Å². The Hall–Kier alpha value is -6.96. The van der Waals surface area contributed by atoms with Crippen molar-refractivity contribution in [1.82, 2.24) is 57.7 Å². The van der Waals surface area contributed by atoms with Crippen molar-refractivity contribution < 1.29 is 133 Å². The van der Waals surface area contributed by atoms with Crippen LogP contribution < -0.4 is 53.6 Å². The number of hydrogen-bond donors (Lipinski definition) is 21. The van der Waals surface area contributed by atoms with Crippen molar-refractivity contribution in [2.45, 2.75) is 247 Å². The molecule has 25 atom stereocenters. The molecule has 4 rings (SSSR count). The molecular formula is C57H96N12O27. The zero-order chi connectivity index (χ0) is 72.7. The summed E-state index contributed by atoms with van der Waals surface area (Å²) in [6.07, 6.45) is -23.8. The van der Waals surface area contributed by atoms with E-state index in [0.29, 0.717) is 0 Å². The number of amides is 11. The summed E-state index contributed by atoms with van der Waals surface area (Å²) in [6, 6.07) is -19.0. The molecule has 39 nitrogen and oxygen atoms in total. The van der Waals surface area contributed by atoms with Crippen LogP contribution in [0.3, 0.4) is 0 Å². The molecule has 0 saturated carbocycles. The van der Waals surface area contributed by atoms with E-state index in [2.05, 4.69) is 42.5 Å². The van der Waals surface area contributed by atoms with Gasteiger partial charge in [-0.3, -0.25) is 57.5 Å². The third-order valence-corrected chi connectivity index (χ3v) is 16.6. The molecule has 11 amide bonds. The van der Waals surface area contributed by atoms with E-state index in [4.69, 9.17) is 29.8 Å². The van der Waals surface area contributed by atoms with Crippen LogP contribution in [-0.4, -0.2) is 322 Å². The van der Waals surface area contributed by atoms with Gasteiger partial charge in [-0.25, -0.2) is 0 Å². The summed E-state index contributed by atoms with van der Waals surface area (Å²) < 4.78 is 23.5. The number of aliphatic hydroxyl groups is 10. The normalized spacial score (nSPS) is 28.4. The molecule has 0 spiro atoms. The van der Waals surface area contributed by atoms with Crippen LogP contribution in [0.4, 0.5) is 0 Å². The van der Waals surface area contributed by atoms with Crippen LogP contribution >= 0.6 is 0 Å². The number of carbonyl (C=O) groups excluding carboxylic acids is 11. The van der Waals surface area contributed by atoms with Crippen molar-refractivity contribution in [1.29, 1.82) is 0 Å². The number of aliphatic hydroxyl groups excluding tert-OH is 10. The van der Waals surface area contributed by atoms with E-state index in [9.17, 15) is 104 Å². The molecule has 0 aromatic carbocycles. The zero-order valence-corrected chi connectivity index (χ0v) is 54.8. The van der Waals surface area contributed by atoms with Crippen molar-refractivity contribution in [3.05, 3.63) is 0 Å². The second kappa shape index (κ2) is 36.6. The maximum Gasteiger partial charge on any atom is 0.322 e. The minimum absolute atomic E-state index is 0.0613. The smallest absolute Gasteiger partial charge is 0.322 e. The van der Waals surface area contributed by atoms with Gasteiger partial charge in [0, 0.05) is 26.9 Å². The Labute approximate surface area is 551 Å². The van der Waals surface area contributed by atoms with Crippen molar-refractivity contribution >= 4 is 70.9 Å². The lowest BCUT2D eigenvalue weighted by Crippen LogP contribution is -2.67. The van der Waals surface area contributed by atoms with Crippen molar-refractivity contribution in [2.24, 2.45) is 11.7 Å². The number of hydrogen-bond acceptors (Lipinski definition) is 27. The first-order valence-corrected chi connectivity index (χ1v) is 31.3. The highest BCUT2D eigenvalue weighted by Crippen LogP contribution is 2.28. The van der Waals surface area contributed by atoms with Crippen LogP contribution in [0.15, 0.2) is 0 Å². The van der Waals surface area contributed by atoms with E-state index < -0.39 is 249 Å². The largest absolute Gasteiger partial charge is 0.480 e. The van der Waals surface area contributed by atoms with Gasteiger partial charge >= 0.3 is 5.97 Å². The van der Waals surface area contributed by atoms with Gasteiger partial charge in [0.15, 0.2) is 12.6 Å². The van der Waals surface area contributed by atoms with E-state index in [-0.39, 0.29) is 38.8 Å². The van der Waals surface area contributed by atoms with E-state index in [1.54, 1.807) is 0 Å². The summed E-state index contributed by atoms with van der Waals surface area (Å²) in [5.74, 6) is -14.0. The molecule has 546 valence electrons. The molecule has 4 fully saturated rings. The molecule has 0 radical (unpaired) electrons. The maximum absolute atomic E-state index is 15.0. The van der Waals surface area contributed by atoms with Crippen LogP contribution in [0.25, 0.3) is 0 Å². The number of carbonyl (C=O) groups is 12. The first kappa shape index (κ1) is 81.5. The van der Waals surface area contributed by atoms with Gasteiger partial charge in [0.1, 0.15) is 110 Å². The van der Waals surface area contributed by atoms with Gasteiger partial charge in [0.25, 0.3) is 0 Å². The molecule has 22 N–H and O–H groups in total. The Balaban J connectivity index is 1.70. The predicted molar refractivity (Wildman–Crippen MR) is 323 cm³/mol. The summed E-state index contributed by atoms with van der Waals surface area (Å²) >= 11 is 0. The van der Waals surface area contributed by atoms with Crippen molar-refractivity contribution in [3.63, 3.8) is 0 Å². The number of likely N-dealkylation sites (tertiary alicyclic amines) is 2. The van der Waals surface area contributed by atoms with Crippen LogP contribution in [0.5, 0.6) is 0 Å². The minimum atomic E-state index is -2.03. The highest BCUT2D eigenvalue weighted by molar-refractivity contribution is 5.99. The maximum atomic E-state index is 15.0. The summed E-state index contributed by atoms with van der Waals surface area (Å²) in [4.78, 5) is 166. The third kappa shape index (κ3) is 21.3. The summed E-state index contributed by atoms with van der Waals surface area (Å²) in [6.45, 7) is 8.78. The summed E-state index contributed by atoms with van der Waals surface area (Å²) in [5.41, 5.74) is 5.76. The molecule has 0 aliphatic carbocycles. The van der Waals surface area contributed by atoms with E-state index in [0.717, 1.165) is 44.4 Å². The molecule has 4 saturated heterocycles. The minimum Gasteiger partial charge on any atom is -0.480 e. The highest BCUT2D eigenvalue weighted by Gasteiger charge is 2.51. The number of ether oxygens (including phenoxy) is 4. The predicted octanol–water partition coefficient (Wildman–Crippen LogP) is -11.7. The summed E-state index contributed by atoms with van der Waals surface area (Å²) in [7, 11) is 0. The molecule has 0 aromatic rings. The monoisotopic (exact) mass is 1380 g/mol. The van der Waals surface area contributed by atoms with E-state index in [1.165, 1.54) is 34.6 Å². The Bertz CT molecular complexity index is 2730. The van der Waals surface area contributed by atoms with Gasteiger partial charge in [-0.2, -0.15) is 0 Å².